The van der Waals surface area contributed by atoms with E-state index in [4.69, 9.17) is 10.9 Å². The highest BCUT2D eigenvalue weighted by Gasteiger charge is 2.03. The van der Waals surface area contributed by atoms with Crippen molar-refractivity contribution in [3.8, 4) is 0 Å². The molecule has 17 heavy (non-hydrogen) atoms. The lowest BCUT2D eigenvalue weighted by Gasteiger charge is -2.04. The normalized spacial score (nSPS) is 11.1. The van der Waals surface area contributed by atoms with Crippen molar-refractivity contribution in [2.24, 2.45) is 10.9 Å². The predicted octanol–water partition coefficient (Wildman–Crippen LogP) is -0.729. The average molecular weight is 258 g/mol. The molecule has 5 N–H and O–H groups in total. The molecule has 1 aromatic rings. The smallest absolute Gasteiger partial charge is 0.250 e. The molecule has 0 aliphatic carbocycles. The maximum atomic E-state index is 10.8. The van der Waals surface area contributed by atoms with Gasteiger partial charge >= 0.3 is 0 Å². The van der Waals surface area contributed by atoms with E-state index >= 15 is 0 Å². The Kier molecular flexibility index (Phi) is 4.41. The van der Waals surface area contributed by atoms with Crippen LogP contribution in [0.3, 0.4) is 0 Å². The lowest BCUT2D eigenvalue weighted by atomic mass is 10.3. The van der Waals surface area contributed by atoms with Crippen LogP contribution in [0, 0.1) is 0 Å². The molecule has 0 aliphatic heterocycles. The first-order valence-electron chi connectivity index (χ1n) is 4.89. The third-order valence-corrected chi connectivity index (χ3v) is 2.82. The van der Waals surface area contributed by atoms with Gasteiger partial charge < -0.3 is 11.1 Å². The Hall–Kier alpha value is -1.67. The molecule has 0 atom stereocenters. The quantitative estimate of drug-likeness (QED) is 0.579. The van der Waals surface area contributed by atoms with Crippen molar-refractivity contribution >= 4 is 21.7 Å². The minimum atomic E-state index is -3.42. The second kappa shape index (κ2) is 5.60. The van der Waals surface area contributed by atoms with Crippen LogP contribution >= 0.6 is 0 Å². The van der Waals surface area contributed by atoms with Gasteiger partial charge in [-0.1, -0.05) is 0 Å². The fraction of sp³-hybridized carbons (Fsp3) is 0.333. The largest absolute Gasteiger partial charge is 0.370 e. The molecule has 1 aromatic heterocycles. The van der Waals surface area contributed by atoms with Crippen LogP contribution in [0.2, 0.25) is 0 Å². The van der Waals surface area contributed by atoms with Gasteiger partial charge in [-0.05, 0) is 18.6 Å². The van der Waals surface area contributed by atoms with Crippen LogP contribution in [0.5, 0.6) is 0 Å². The SMILES string of the molecule is NC(=O)c1ccc(NCCCS(N)(=O)=O)nc1. The zero-order valence-corrected chi connectivity index (χ0v) is 9.90. The topological polar surface area (TPSA) is 128 Å². The van der Waals surface area contributed by atoms with E-state index in [1.54, 1.807) is 6.07 Å². The number of primary amides is 1. The van der Waals surface area contributed by atoms with Crippen LogP contribution in [-0.2, 0) is 10.0 Å². The second-order valence-corrected chi connectivity index (χ2v) is 5.18. The van der Waals surface area contributed by atoms with Crippen molar-refractivity contribution in [1.82, 2.24) is 4.98 Å². The summed E-state index contributed by atoms with van der Waals surface area (Å²) in [6, 6.07) is 3.13. The first-order valence-corrected chi connectivity index (χ1v) is 6.60. The number of aromatic nitrogens is 1. The fourth-order valence-corrected chi connectivity index (χ4v) is 1.68. The number of hydrogen-bond acceptors (Lipinski definition) is 5. The summed E-state index contributed by atoms with van der Waals surface area (Å²) < 4.78 is 21.3. The molecule has 94 valence electrons. The molecule has 1 heterocycles. The van der Waals surface area contributed by atoms with Gasteiger partial charge in [0.25, 0.3) is 0 Å². The van der Waals surface area contributed by atoms with Crippen LogP contribution in [0.4, 0.5) is 5.82 Å². The van der Waals surface area contributed by atoms with E-state index in [1.165, 1.54) is 12.3 Å². The predicted molar refractivity (Wildman–Crippen MR) is 63.8 cm³/mol. The van der Waals surface area contributed by atoms with E-state index in [1.807, 2.05) is 0 Å². The Morgan fingerprint density at radius 1 is 1.41 bits per heavy atom. The second-order valence-electron chi connectivity index (χ2n) is 3.44. The van der Waals surface area contributed by atoms with Gasteiger partial charge in [-0.2, -0.15) is 0 Å². The number of sulfonamides is 1. The number of nitrogens with one attached hydrogen (secondary N) is 1. The molecule has 0 aromatic carbocycles. The van der Waals surface area contributed by atoms with Crippen molar-refractivity contribution in [1.29, 1.82) is 0 Å². The molecule has 7 nitrogen and oxygen atoms in total. The summed E-state index contributed by atoms with van der Waals surface area (Å²) in [7, 11) is -3.42. The minimum Gasteiger partial charge on any atom is -0.370 e. The van der Waals surface area contributed by atoms with E-state index in [-0.39, 0.29) is 5.75 Å². The van der Waals surface area contributed by atoms with Crippen LogP contribution in [0.1, 0.15) is 16.8 Å². The van der Waals surface area contributed by atoms with E-state index in [0.717, 1.165) is 0 Å². The van der Waals surface area contributed by atoms with Crippen LogP contribution in [0.25, 0.3) is 0 Å². The van der Waals surface area contributed by atoms with E-state index in [2.05, 4.69) is 10.3 Å². The molecular weight excluding hydrogens is 244 g/mol. The number of primary sulfonamides is 1. The summed E-state index contributed by atoms with van der Waals surface area (Å²) in [4.78, 5) is 14.7. The van der Waals surface area contributed by atoms with Gasteiger partial charge in [-0.25, -0.2) is 18.5 Å². The van der Waals surface area contributed by atoms with E-state index in [0.29, 0.717) is 24.3 Å². The number of carbonyl (C=O) groups is 1. The number of pyridine rings is 1. The van der Waals surface area contributed by atoms with Crippen molar-refractivity contribution in [2.45, 2.75) is 6.42 Å². The molecule has 0 fully saturated rings. The number of amides is 1. The van der Waals surface area contributed by atoms with Crippen LogP contribution in [-0.4, -0.2) is 31.6 Å². The summed E-state index contributed by atoms with van der Waals surface area (Å²) >= 11 is 0. The van der Waals surface area contributed by atoms with Gasteiger partial charge in [0, 0.05) is 12.7 Å². The lowest BCUT2D eigenvalue weighted by Crippen LogP contribution is -2.19. The van der Waals surface area contributed by atoms with Gasteiger partial charge in [-0.3, -0.25) is 4.79 Å². The Labute approximate surface area is 99.3 Å². The highest BCUT2D eigenvalue weighted by molar-refractivity contribution is 7.89. The summed E-state index contributed by atoms with van der Waals surface area (Å²) in [5.74, 6) is -0.0815. The van der Waals surface area contributed by atoms with Gasteiger partial charge in [0.05, 0.1) is 11.3 Å². The maximum Gasteiger partial charge on any atom is 0.250 e. The highest BCUT2D eigenvalue weighted by atomic mass is 32.2. The van der Waals surface area contributed by atoms with Gasteiger partial charge in [-0.15, -0.1) is 0 Å². The number of anilines is 1. The fourth-order valence-electron chi connectivity index (χ4n) is 1.13. The number of hydrogen-bond donors (Lipinski definition) is 3. The summed E-state index contributed by atoms with van der Waals surface area (Å²) in [5, 5.41) is 7.75. The van der Waals surface area contributed by atoms with Gasteiger partial charge in [0.2, 0.25) is 15.9 Å². The molecular formula is C9H14N4O3S. The molecule has 0 bridgehead atoms. The zero-order valence-electron chi connectivity index (χ0n) is 9.09. The molecule has 1 rings (SSSR count). The molecule has 0 aliphatic rings. The van der Waals surface area contributed by atoms with E-state index < -0.39 is 15.9 Å². The third-order valence-electron chi connectivity index (χ3n) is 1.96. The minimum absolute atomic E-state index is 0.0840. The number of rotatable bonds is 6. The molecule has 0 unspecified atom stereocenters. The lowest BCUT2D eigenvalue weighted by molar-refractivity contribution is 0.1000. The average Bonchev–Trinajstić information content (AvgIpc) is 2.24. The first-order chi connectivity index (χ1) is 7.88. The zero-order chi connectivity index (χ0) is 12.9. The summed E-state index contributed by atoms with van der Waals surface area (Å²) in [6.45, 7) is 0.430. The summed E-state index contributed by atoms with van der Waals surface area (Å²) in [5.41, 5.74) is 5.37. The number of nitrogens with zero attached hydrogens (tertiary/aromatic N) is 1. The van der Waals surface area contributed by atoms with Crippen LogP contribution in [0.15, 0.2) is 18.3 Å². The monoisotopic (exact) mass is 258 g/mol. The Morgan fingerprint density at radius 2 is 2.12 bits per heavy atom. The Balaban J connectivity index is 2.40. The van der Waals surface area contributed by atoms with Crippen molar-refractivity contribution in [2.75, 3.05) is 17.6 Å². The van der Waals surface area contributed by atoms with Crippen molar-refractivity contribution in [3.63, 3.8) is 0 Å². The molecule has 0 radical (unpaired) electrons. The first kappa shape index (κ1) is 13.4. The maximum absolute atomic E-state index is 10.8. The Bertz CT molecular complexity index is 483. The Morgan fingerprint density at radius 3 is 2.59 bits per heavy atom. The number of carbonyl (C=O) groups excluding carboxylic acids is 1. The third kappa shape index (κ3) is 5.27. The summed E-state index contributed by atoms with van der Waals surface area (Å²) in [6.07, 6.45) is 1.74. The number of nitrogens with two attached hydrogens (primary N) is 2. The standard InChI is InChI=1S/C9H14N4O3S/c10-9(14)7-2-3-8(13-6-7)12-4-1-5-17(11,15)16/h2-3,6H,1,4-5H2,(H2,10,14)(H,12,13)(H2,11,15,16). The van der Waals surface area contributed by atoms with Crippen LogP contribution < -0.4 is 16.2 Å². The molecule has 0 saturated heterocycles. The molecule has 0 spiro atoms. The van der Waals surface area contributed by atoms with E-state index in [9.17, 15) is 13.2 Å². The van der Waals surface area contributed by atoms with Gasteiger partial charge in [0.1, 0.15) is 5.82 Å². The molecule has 0 saturated carbocycles. The molecule has 8 heteroatoms. The van der Waals surface area contributed by atoms with Gasteiger partial charge in [0.15, 0.2) is 0 Å². The van der Waals surface area contributed by atoms with Crippen molar-refractivity contribution < 1.29 is 13.2 Å². The van der Waals surface area contributed by atoms with Crippen molar-refractivity contribution in [3.05, 3.63) is 23.9 Å². The highest BCUT2D eigenvalue weighted by Crippen LogP contribution is 2.04. The molecule has 1 amide bonds.